The predicted octanol–water partition coefficient (Wildman–Crippen LogP) is 13.0. The van der Waals surface area contributed by atoms with Crippen LogP contribution in [-0.4, -0.2) is 20.2 Å². The Hall–Kier alpha value is -6.36. The van der Waals surface area contributed by atoms with Crippen LogP contribution in [0.1, 0.15) is 58.2 Å². The summed E-state index contributed by atoms with van der Waals surface area (Å²) in [5.74, 6) is 0.386. The number of phenols is 2. The first-order chi connectivity index (χ1) is 28.8. The molecular formula is C54H51N4O2Pt+. The van der Waals surface area contributed by atoms with Crippen LogP contribution in [0, 0.1) is 0 Å². The van der Waals surface area contributed by atoms with E-state index in [1.807, 2.05) is 36.4 Å². The number of nitrogens with zero attached hydrogens (tertiary/aromatic N) is 4. The Morgan fingerprint density at radius 3 is 1.33 bits per heavy atom. The van der Waals surface area contributed by atoms with Gasteiger partial charge in [-0.1, -0.05) is 120 Å². The quantitative estimate of drug-likeness (QED) is 0.162. The normalized spacial score (nSPS) is 11.7. The summed E-state index contributed by atoms with van der Waals surface area (Å²) in [4.78, 5) is 12.2. The predicted molar refractivity (Wildman–Crippen MR) is 245 cm³/mol. The standard InChI is InChI=1S/C30H32N2O2.C24H19N2.Pt/c1-29(2,3)19-15-23(21-11-7-9-13-27(21)33)31-25(17-19)26-18-20(30(4,5)6)16-24(32-26)22-12-8-10-14-28(22)34;1-3-10-20(11-4-1)26(21-12-5-2-6-13-21)22-15-16-25-18-19-9-7-8-14-23(19)24(25)17-22;/h7-18,33-34H,1-6H3;1-17H,18H2;/q;+1;. The molecule has 1 aliphatic heterocycles. The fourth-order valence-electron chi connectivity index (χ4n) is 7.57. The molecule has 0 saturated heterocycles. The van der Waals surface area contributed by atoms with Gasteiger partial charge in [-0.3, -0.25) is 0 Å². The zero-order valence-corrected chi connectivity index (χ0v) is 37.7. The first kappa shape index (κ1) is 42.8. The summed E-state index contributed by atoms with van der Waals surface area (Å²) in [6.45, 7) is 13.9. The number of anilines is 3. The summed E-state index contributed by atoms with van der Waals surface area (Å²) >= 11 is 0. The van der Waals surface area contributed by atoms with Gasteiger partial charge in [0.25, 0.3) is 0 Å². The maximum absolute atomic E-state index is 10.5. The topological polar surface area (TPSA) is 73.4 Å². The largest absolute Gasteiger partial charge is 0.507 e. The number of hydrogen-bond donors (Lipinski definition) is 2. The number of pyridine rings is 3. The van der Waals surface area contributed by atoms with Crippen LogP contribution in [0.4, 0.5) is 17.1 Å². The minimum atomic E-state index is -0.126. The average Bonchev–Trinajstić information content (AvgIpc) is 3.62. The second-order valence-electron chi connectivity index (χ2n) is 17.3. The summed E-state index contributed by atoms with van der Waals surface area (Å²) in [7, 11) is 0. The molecule has 0 bridgehead atoms. The minimum Gasteiger partial charge on any atom is -0.507 e. The van der Waals surface area contributed by atoms with Crippen LogP contribution in [0.3, 0.4) is 0 Å². The van der Waals surface area contributed by atoms with E-state index in [4.69, 9.17) is 9.97 Å². The number of fused-ring (bicyclic) bond motifs is 3. The van der Waals surface area contributed by atoms with E-state index in [1.54, 1.807) is 24.3 Å². The van der Waals surface area contributed by atoms with E-state index in [0.29, 0.717) is 22.5 Å². The summed E-state index contributed by atoms with van der Waals surface area (Å²) < 4.78 is 2.32. The van der Waals surface area contributed by atoms with E-state index in [1.165, 1.54) is 22.5 Å². The van der Waals surface area contributed by atoms with Gasteiger partial charge in [0.05, 0.1) is 34.0 Å². The van der Waals surface area contributed by atoms with Crippen LogP contribution >= 0.6 is 0 Å². The Morgan fingerprint density at radius 2 is 0.869 bits per heavy atom. The van der Waals surface area contributed by atoms with Gasteiger partial charge in [0, 0.05) is 61.3 Å². The SMILES string of the molecule is CC(C)(C)c1cc(-c2cc(C(C)(C)C)cc(-c3ccccc3O)n2)nc(-c2ccccc2O)c1.[Pt].c1ccc(N(c2ccccc2)c2cc[n+]3c(c2)-c2ccccc2C3)cc1. The molecule has 2 N–H and O–H groups in total. The van der Waals surface area contributed by atoms with Crippen molar-refractivity contribution in [2.45, 2.75) is 58.9 Å². The van der Waals surface area contributed by atoms with Gasteiger partial charge in [-0.15, -0.1) is 0 Å². The average molecular weight is 983 g/mol. The van der Waals surface area contributed by atoms with Crippen LogP contribution in [-0.2, 0) is 38.4 Å². The summed E-state index contributed by atoms with van der Waals surface area (Å²) in [5.41, 5.74) is 13.7. The molecule has 9 rings (SSSR count). The van der Waals surface area contributed by atoms with Crippen LogP contribution in [0.2, 0.25) is 0 Å². The van der Waals surface area contributed by atoms with E-state index in [9.17, 15) is 10.2 Å². The van der Waals surface area contributed by atoms with Crippen molar-refractivity contribution in [1.82, 2.24) is 9.97 Å². The molecule has 8 aromatic rings. The number of hydrogen-bond acceptors (Lipinski definition) is 5. The van der Waals surface area contributed by atoms with E-state index in [2.05, 4.69) is 166 Å². The maximum Gasteiger partial charge on any atom is 0.215 e. The summed E-state index contributed by atoms with van der Waals surface area (Å²) in [6.07, 6.45) is 2.20. The second-order valence-corrected chi connectivity index (χ2v) is 17.3. The van der Waals surface area contributed by atoms with Gasteiger partial charge < -0.3 is 15.1 Å². The van der Waals surface area contributed by atoms with Gasteiger partial charge in [0.1, 0.15) is 11.5 Å². The molecule has 7 heteroatoms. The van der Waals surface area contributed by atoms with Gasteiger partial charge in [0.15, 0.2) is 12.7 Å². The molecule has 4 heterocycles. The van der Waals surface area contributed by atoms with Crippen LogP contribution < -0.4 is 9.47 Å². The number of benzene rings is 5. The molecule has 308 valence electrons. The van der Waals surface area contributed by atoms with Gasteiger partial charge in [-0.25, -0.2) is 9.97 Å². The van der Waals surface area contributed by atoms with Gasteiger partial charge in [0.2, 0.25) is 5.69 Å². The Bertz CT molecular complexity index is 2650. The summed E-state index contributed by atoms with van der Waals surface area (Å²) in [5, 5.41) is 21.0. The van der Waals surface area contributed by atoms with Crippen molar-refractivity contribution < 1.29 is 35.8 Å². The van der Waals surface area contributed by atoms with Crippen molar-refractivity contribution >= 4 is 17.1 Å². The molecule has 0 radical (unpaired) electrons. The van der Waals surface area contributed by atoms with E-state index < -0.39 is 0 Å². The molecule has 1 aliphatic rings. The summed E-state index contributed by atoms with van der Waals surface area (Å²) in [6, 6.07) is 57.0. The molecule has 0 saturated carbocycles. The first-order valence-electron chi connectivity index (χ1n) is 20.5. The number of phenolic OH excluding ortho intramolecular Hbond substituents is 2. The zero-order valence-electron chi connectivity index (χ0n) is 35.4. The zero-order chi connectivity index (χ0) is 42.0. The number of para-hydroxylation sites is 4. The van der Waals surface area contributed by atoms with Gasteiger partial charge >= 0.3 is 0 Å². The third-order valence-electron chi connectivity index (χ3n) is 10.9. The van der Waals surface area contributed by atoms with Crippen molar-refractivity contribution in [3.05, 3.63) is 193 Å². The molecule has 0 fully saturated rings. The van der Waals surface area contributed by atoms with Crippen molar-refractivity contribution in [3.63, 3.8) is 0 Å². The Balaban J connectivity index is 0.000000187. The van der Waals surface area contributed by atoms with E-state index in [0.717, 1.165) is 40.4 Å². The second kappa shape index (κ2) is 17.7. The smallest absolute Gasteiger partial charge is 0.215 e. The van der Waals surface area contributed by atoms with Gasteiger partial charge in [-0.05, 0) is 101 Å². The molecule has 3 aromatic heterocycles. The van der Waals surface area contributed by atoms with Crippen molar-refractivity contribution in [2.24, 2.45) is 0 Å². The van der Waals surface area contributed by atoms with Gasteiger partial charge in [-0.2, -0.15) is 4.57 Å². The molecule has 61 heavy (non-hydrogen) atoms. The Morgan fingerprint density at radius 1 is 0.459 bits per heavy atom. The molecule has 5 aromatic carbocycles. The fraction of sp³-hybridized carbons (Fsp3) is 0.167. The Labute approximate surface area is 374 Å². The van der Waals surface area contributed by atoms with Crippen LogP contribution in [0.25, 0.3) is 45.2 Å². The molecule has 0 atom stereocenters. The molecule has 0 amide bonds. The monoisotopic (exact) mass is 982 g/mol. The fourth-order valence-corrected chi connectivity index (χ4v) is 7.57. The first-order valence-corrected chi connectivity index (χ1v) is 20.5. The maximum atomic E-state index is 10.5. The minimum absolute atomic E-state index is 0. The van der Waals surface area contributed by atoms with Crippen molar-refractivity contribution in [2.75, 3.05) is 4.90 Å². The molecule has 6 nitrogen and oxygen atoms in total. The number of rotatable bonds is 6. The third kappa shape index (κ3) is 9.36. The molecule has 0 aliphatic carbocycles. The van der Waals surface area contributed by atoms with Crippen molar-refractivity contribution in [3.8, 4) is 56.7 Å². The van der Waals surface area contributed by atoms with E-state index in [-0.39, 0.29) is 43.4 Å². The van der Waals surface area contributed by atoms with Crippen LogP contribution in [0.5, 0.6) is 11.5 Å². The molecule has 0 spiro atoms. The van der Waals surface area contributed by atoms with Crippen LogP contribution in [0.15, 0.2) is 176 Å². The van der Waals surface area contributed by atoms with Crippen molar-refractivity contribution in [1.29, 1.82) is 0 Å². The third-order valence-corrected chi connectivity index (χ3v) is 10.9. The number of aromatic nitrogens is 3. The van der Waals surface area contributed by atoms with E-state index >= 15 is 0 Å². The Kier molecular flexibility index (Phi) is 12.4. The molecular weight excluding hydrogens is 932 g/mol. The molecule has 0 unspecified atom stereocenters. The number of aromatic hydroxyl groups is 2.